The lowest BCUT2D eigenvalue weighted by molar-refractivity contribution is -0.122. The predicted octanol–water partition coefficient (Wildman–Crippen LogP) is 2.77. The topological polar surface area (TPSA) is 29.1 Å². The molecule has 1 saturated carbocycles. The highest BCUT2D eigenvalue weighted by atomic mass is 32.1. The lowest BCUT2D eigenvalue weighted by Crippen LogP contribution is -2.26. The molecule has 82 valence electrons. The van der Waals surface area contributed by atoms with E-state index in [1.807, 2.05) is 0 Å². The van der Waals surface area contributed by atoms with Crippen molar-refractivity contribution in [2.24, 2.45) is 5.92 Å². The molecule has 3 heteroatoms. The van der Waals surface area contributed by atoms with E-state index in [2.05, 4.69) is 29.8 Å². The van der Waals surface area contributed by atoms with E-state index in [9.17, 15) is 4.79 Å². The van der Waals surface area contributed by atoms with Crippen LogP contribution in [0.3, 0.4) is 0 Å². The number of hydrogen-bond acceptors (Lipinski definition) is 2. The lowest BCUT2D eigenvalue weighted by atomic mass is 10.2. The Kier molecular flexibility index (Phi) is 3.41. The molecule has 2 unspecified atom stereocenters. The second kappa shape index (κ2) is 4.79. The van der Waals surface area contributed by atoms with Crippen molar-refractivity contribution in [3.8, 4) is 0 Å². The Morgan fingerprint density at radius 2 is 2.53 bits per heavy atom. The van der Waals surface area contributed by atoms with Gasteiger partial charge in [-0.3, -0.25) is 4.79 Å². The Bertz CT molecular complexity index is 320. The van der Waals surface area contributed by atoms with Gasteiger partial charge in [-0.25, -0.2) is 0 Å². The molecule has 1 N–H and O–H groups in total. The summed E-state index contributed by atoms with van der Waals surface area (Å²) in [4.78, 5) is 13.0. The van der Waals surface area contributed by atoms with Gasteiger partial charge in [0.25, 0.3) is 0 Å². The van der Waals surface area contributed by atoms with E-state index in [4.69, 9.17) is 0 Å². The van der Waals surface area contributed by atoms with Crippen LogP contribution in [-0.2, 0) is 4.79 Å². The molecule has 15 heavy (non-hydrogen) atoms. The zero-order valence-corrected chi connectivity index (χ0v) is 9.85. The van der Waals surface area contributed by atoms with E-state index in [-0.39, 0.29) is 11.8 Å². The SMILES string of the molecule is CCCCNC(=O)C1CC1c1cccs1. The maximum atomic E-state index is 11.7. The van der Waals surface area contributed by atoms with E-state index in [0.29, 0.717) is 5.92 Å². The zero-order valence-electron chi connectivity index (χ0n) is 9.03. The van der Waals surface area contributed by atoms with Crippen LogP contribution in [0.25, 0.3) is 0 Å². The third-order valence-corrected chi connectivity index (χ3v) is 3.87. The Morgan fingerprint density at radius 3 is 3.20 bits per heavy atom. The second-order valence-electron chi connectivity index (χ2n) is 4.11. The molecule has 1 aromatic rings. The van der Waals surface area contributed by atoms with E-state index >= 15 is 0 Å². The van der Waals surface area contributed by atoms with Gasteiger partial charge in [-0.15, -0.1) is 11.3 Å². The Morgan fingerprint density at radius 1 is 1.67 bits per heavy atom. The normalized spacial score (nSPS) is 23.8. The summed E-state index contributed by atoms with van der Waals surface area (Å²) in [5, 5.41) is 5.09. The van der Waals surface area contributed by atoms with Crippen LogP contribution in [0, 0.1) is 5.92 Å². The zero-order chi connectivity index (χ0) is 10.7. The number of thiophene rings is 1. The fraction of sp³-hybridized carbons (Fsp3) is 0.583. The van der Waals surface area contributed by atoms with Crippen molar-refractivity contribution < 1.29 is 4.79 Å². The molecule has 0 aromatic carbocycles. The Balaban J connectivity index is 1.76. The summed E-state index contributed by atoms with van der Waals surface area (Å²) < 4.78 is 0. The quantitative estimate of drug-likeness (QED) is 0.764. The molecule has 0 aliphatic heterocycles. The number of carbonyl (C=O) groups excluding carboxylic acids is 1. The number of hydrogen-bond donors (Lipinski definition) is 1. The summed E-state index contributed by atoms with van der Waals surface area (Å²) in [6.45, 7) is 2.97. The first-order valence-electron chi connectivity index (χ1n) is 5.64. The summed E-state index contributed by atoms with van der Waals surface area (Å²) in [5.41, 5.74) is 0. The van der Waals surface area contributed by atoms with Gasteiger partial charge < -0.3 is 5.32 Å². The molecule has 2 atom stereocenters. The second-order valence-corrected chi connectivity index (χ2v) is 5.09. The Hall–Kier alpha value is -0.830. The smallest absolute Gasteiger partial charge is 0.223 e. The van der Waals surface area contributed by atoms with E-state index in [0.717, 1.165) is 25.8 Å². The highest BCUT2D eigenvalue weighted by molar-refractivity contribution is 7.10. The van der Waals surface area contributed by atoms with Crippen LogP contribution in [-0.4, -0.2) is 12.5 Å². The van der Waals surface area contributed by atoms with Gasteiger partial charge in [-0.1, -0.05) is 19.4 Å². The molecule has 1 fully saturated rings. The van der Waals surface area contributed by atoms with Gasteiger partial charge in [0, 0.05) is 23.3 Å². The Labute approximate surface area is 94.7 Å². The molecule has 1 aliphatic carbocycles. The van der Waals surface area contributed by atoms with Crippen molar-refractivity contribution in [1.82, 2.24) is 5.32 Å². The van der Waals surface area contributed by atoms with Crippen molar-refractivity contribution in [3.05, 3.63) is 22.4 Å². The summed E-state index contributed by atoms with van der Waals surface area (Å²) in [7, 11) is 0. The van der Waals surface area contributed by atoms with Crippen molar-refractivity contribution in [2.45, 2.75) is 32.1 Å². The van der Waals surface area contributed by atoms with E-state index in [1.165, 1.54) is 4.88 Å². The largest absolute Gasteiger partial charge is 0.356 e. The third-order valence-electron chi connectivity index (χ3n) is 2.87. The number of carbonyl (C=O) groups is 1. The molecule has 2 rings (SSSR count). The first-order valence-corrected chi connectivity index (χ1v) is 6.52. The van der Waals surface area contributed by atoms with Crippen molar-refractivity contribution in [2.75, 3.05) is 6.54 Å². The monoisotopic (exact) mass is 223 g/mol. The molecule has 1 aromatic heterocycles. The van der Waals surface area contributed by atoms with Gasteiger partial charge >= 0.3 is 0 Å². The minimum atomic E-state index is 0.250. The molecule has 2 nitrogen and oxygen atoms in total. The van der Waals surface area contributed by atoms with Gasteiger partial charge in [-0.2, -0.15) is 0 Å². The standard InChI is InChI=1S/C12H17NOS/c1-2-3-6-13-12(14)10-8-9(10)11-5-4-7-15-11/h4-5,7,9-10H,2-3,6,8H2,1H3,(H,13,14). The predicted molar refractivity (Wildman–Crippen MR) is 63.1 cm³/mol. The summed E-state index contributed by atoms with van der Waals surface area (Å²) in [6.07, 6.45) is 3.26. The molecule has 0 spiro atoms. The first-order chi connectivity index (χ1) is 7.33. The van der Waals surface area contributed by atoms with Gasteiger partial charge in [0.1, 0.15) is 0 Å². The molecule has 1 heterocycles. The van der Waals surface area contributed by atoms with Crippen LogP contribution in [0.15, 0.2) is 17.5 Å². The summed E-state index contributed by atoms with van der Waals surface area (Å²) in [6, 6.07) is 4.19. The fourth-order valence-electron chi connectivity index (χ4n) is 1.82. The number of rotatable bonds is 5. The molecule has 0 saturated heterocycles. The number of amides is 1. The highest BCUT2D eigenvalue weighted by Gasteiger charge is 2.44. The van der Waals surface area contributed by atoms with Crippen molar-refractivity contribution >= 4 is 17.2 Å². The fourth-order valence-corrected chi connectivity index (χ4v) is 2.73. The lowest BCUT2D eigenvalue weighted by Gasteiger charge is -2.02. The minimum absolute atomic E-state index is 0.250. The van der Waals surface area contributed by atoms with E-state index in [1.54, 1.807) is 11.3 Å². The molecule has 1 amide bonds. The van der Waals surface area contributed by atoms with Gasteiger partial charge in [0.15, 0.2) is 0 Å². The average molecular weight is 223 g/mol. The van der Waals surface area contributed by atoms with Gasteiger partial charge in [0.2, 0.25) is 5.91 Å². The molecule has 1 aliphatic rings. The van der Waals surface area contributed by atoms with E-state index < -0.39 is 0 Å². The van der Waals surface area contributed by atoms with Gasteiger partial charge in [-0.05, 0) is 24.3 Å². The maximum absolute atomic E-state index is 11.7. The first kappa shape index (κ1) is 10.7. The van der Waals surface area contributed by atoms with Crippen LogP contribution in [0.5, 0.6) is 0 Å². The van der Waals surface area contributed by atoms with Crippen molar-refractivity contribution in [3.63, 3.8) is 0 Å². The molecule has 0 radical (unpaired) electrons. The highest BCUT2D eigenvalue weighted by Crippen LogP contribution is 2.49. The van der Waals surface area contributed by atoms with Crippen LogP contribution in [0.4, 0.5) is 0 Å². The van der Waals surface area contributed by atoms with Crippen LogP contribution < -0.4 is 5.32 Å². The van der Waals surface area contributed by atoms with Crippen LogP contribution in [0.2, 0.25) is 0 Å². The molecular formula is C12H17NOS. The molecule has 0 bridgehead atoms. The number of unbranched alkanes of at least 4 members (excludes halogenated alkanes) is 1. The number of nitrogens with one attached hydrogen (secondary N) is 1. The van der Waals surface area contributed by atoms with Crippen LogP contribution in [0.1, 0.15) is 37.0 Å². The molecular weight excluding hydrogens is 206 g/mol. The third kappa shape index (κ3) is 2.59. The average Bonchev–Trinajstić information content (AvgIpc) is 2.86. The van der Waals surface area contributed by atoms with Crippen molar-refractivity contribution in [1.29, 1.82) is 0 Å². The minimum Gasteiger partial charge on any atom is -0.356 e. The maximum Gasteiger partial charge on any atom is 0.223 e. The van der Waals surface area contributed by atoms with Gasteiger partial charge in [0.05, 0.1) is 0 Å². The summed E-state index contributed by atoms with van der Waals surface area (Å²) in [5.74, 6) is 1.01. The van der Waals surface area contributed by atoms with Crippen LogP contribution >= 0.6 is 11.3 Å². The summed E-state index contributed by atoms with van der Waals surface area (Å²) >= 11 is 1.76.